The topological polar surface area (TPSA) is 29.5 Å². The first-order valence-corrected chi connectivity index (χ1v) is 2.79. The van der Waals surface area contributed by atoms with Crippen molar-refractivity contribution < 1.29 is 10.1 Å². The molecular weight excluding hydrogens is 148 g/mol. The van der Waals surface area contributed by atoms with Gasteiger partial charge in [-0.15, -0.1) is 0 Å². The summed E-state index contributed by atoms with van der Waals surface area (Å²) < 4.78 is 0. The third kappa shape index (κ3) is 2.63. The van der Waals surface area contributed by atoms with E-state index in [9.17, 15) is 0 Å². The Bertz CT molecular complexity index is 28.0. The lowest BCUT2D eigenvalue weighted by atomic mass is 10.5. The molecule has 0 bridgehead atoms. The van der Waals surface area contributed by atoms with Crippen LogP contribution < -0.4 is 0 Å². The van der Waals surface area contributed by atoms with Gasteiger partial charge < -0.3 is 0 Å². The fraction of sp³-hybridized carbons (Fsp3) is 1.00. The highest BCUT2D eigenvalue weighted by Gasteiger charge is 1.92. The van der Waals surface area contributed by atoms with Crippen LogP contribution in [0.4, 0.5) is 0 Å². The minimum absolute atomic E-state index is 0.0926. The van der Waals surface area contributed by atoms with Gasteiger partial charge in [0, 0.05) is 5.33 Å². The van der Waals surface area contributed by atoms with Crippen molar-refractivity contribution in [3.05, 3.63) is 0 Å². The third-order valence-electron chi connectivity index (χ3n) is 0.397. The highest BCUT2D eigenvalue weighted by atomic mass is 79.9. The molecule has 3 heteroatoms. The van der Waals surface area contributed by atoms with Gasteiger partial charge in [-0.05, 0) is 6.92 Å². The largest absolute Gasteiger partial charge is 0.252 e. The van der Waals surface area contributed by atoms with Gasteiger partial charge in [0.1, 0.15) is 0 Å². The van der Waals surface area contributed by atoms with E-state index in [0.717, 1.165) is 0 Å². The second-order valence-electron chi connectivity index (χ2n) is 1.07. The van der Waals surface area contributed by atoms with Gasteiger partial charge in [-0.2, -0.15) is 0 Å². The molecule has 0 rings (SSSR count). The van der Waals surface area contributed by atoms with Crippen LogP contribution in [0, 0.1) is 0 Å². The smallest absolute Gasteiger partial charge is 0.0995 e. The van der Waals surface area contributed by atoms with Crippen molar-refractivity contribution in [2.75, 3.05) is 5.33 Å². The summed E-state index contributed by atoms with van der Waals surface area (Å²) in [5.74, 6) is 0. The Labute approximate surface area is 45.2 Å². The first-order chi connectivity index (χ1) is 2.81. The molecule has 0 spiro atoms. The van der Waals surface area contributed by atoms with Crippen LogP contribution in [0.3, 0.4) is 0 Å². The predicted octanol–water partition coefficient (Wildman–Crippen LogP) is 1.26. The van der Waals surface area contributed by atoms with Crippen molar-refractivity contribution in [1.82, 2.24) is 0 Å². The number of hydrogen-bond acceptors (Lipinski definition) is 2. The lowest BCUT2D eigenvalue weighted by molar-refractivity contribution is -0.267. The molecule has 2 nitrogen and oxygen atoms in total. The zero-order chi connectivity index (χ0) is 4.99. The zero-order valence-corrected chi connectivity index (χ0v) is 5.10. The molecule has 38 valence electrons. The molecule has 0 aliphatic heterocycles. The number of rotatable bonds is 2. The normalized spacial score (nSPS) is 14.5. The first kappa shape index (κ1) is 6.40. The first-order valence-electron chi connectivity index (χ1n) is 1.67. The second kappa shape index (κ2) is 3.59. The molecule has 1 unspecified atom stereocenters. The SMILES string of the molecule is CC(CBr)OO. The average Bonchev–Trinajstić information content (AvgIpc) is 1.65. The van der Waals surface area contributed by atoms with Gasteiger partial charge in [-0.25, -0.2) is 4.89 Å². The summed E-state index contributed by atoms with van der Waals surface area (Å²) >= 11 is 3.09. The van der Waals surface area contributed by atoms with Crippen LogP contribution in [0.15, 0.2) is 0 Å². The third-order valence-corrected chi connectivity index (χ3v) is 1.31. The standard InChI is InChI=1S/C3H7BrO2/c1-3(2-4)6-5/h3,5H,2H2,1H3. The van der Waals surface area contributed by atoms with Crippen molar-refractivity contribution >= 4 is 15.9 Å². The Kier molecular flexibility index (Phi) is 3.82. The summed E-state index contributed by atoms with van der Waals surface area (Å²) in [4.78, 5) is 3.85. The Balaban J connectivity index is 2.75. The Morgan fingerprint density at radius 2 is 2.50 bits per heavy atom. The van der Waals surface area contributed by atoms with E-state index in [1.165, 1.54) is 0 Å². The molecule has 0 aliphatic carbocycles. The quantitative estimate of drug-likeness (QED) is 0.369. The molecule has 0 amide bonds. The van der Waals surface area contributed by atoms with E-state index < -0.39 is 0 Å². The van der Waals surface area contributed by atoms with Crippen molar-refractivity contribution in [2.45, 2.75) is 13.0 Å². The minimum Gasteiger partial charge on any atom is -0.252 e. The van der Waals surface area contributed by atoms with Crippen LogP contribution in [0.1, 0.15) is 6.92 Å². The molecule has 0 fully saturated rings. The summed E-state index contributed by atoms with van der Waals surface area (Å²) in [6.45, 7) is 1.76. The van der Waals surface area contributed by atoms with E-state index in [4.69, 9.17) is 5.26 Å². The number of alkyl halides is 1. The minimum atomic E-state index is -0.0926. The highest BCUT2D eigenvalue weighted by molar-refractivity contribution is 9.09. The van der Waals surface area contributed by atoms with Gasteiger partial charge in [-0.1, -0.05) is 15.9 Å². The Morgan fingerprint density at radius 3 is 2.50 bits per heavy atom. The summed E-state index contributed by atoms with van der Waals surface area (Å²) in [6, 6.07) is 0. The van der Waals surface area contributed by atoms with Gasteiger partial charge in [0.05, 0.1) is 6.10 Å². The van der Waals surface area contributed by atoms with Crippen molar-refractivity contribution in [3.63, 3.8) is 0 Å². The molecule has 0 aromatic carbocycles. The second-order valence-corrected chi connectivity index (χ2v) is 1.72. The number of halogens is 1. The fourth-order valence-electron chi connectivity index (χ4n) is 0.0282. The van der Waals surface area contributed by atoms with E-state index in [1.807, 2.05) is 0 Å². The van der Waals surface area contributed by atoms with Crippen LogP contribution in [0.2, 0.25) is 0 Å². The molecule has 0 aromatic rings. The maximum atomic E-state index is 7.80. The van der Waals surface area contributed by atoms with Crippen LogP contribution >= 0.6 is 15.9 Å². The van der Waals surface area contributed by atoms with Gasteiger partial charge >= 0.3 is 0 Å². The summed E-state index contributed by atoms with van der Waals surface area (Å²) in [5, 5.41) is 8.47. The lowest BCUT2D eigenvalue weighted by Gasteiger charge is -1.97. The van der Waals surface area contributed by atoms with Crippen LogP contribution in [-0.2, 0) is 4.89 Å². The van der Waals surface area contributed by atoms with Crippen molar-refractivity contribution in [3.8, 4) is 0 Å². The lowest BCUT2D eigenvalue weighted by Crippen LogP contribution is -2.04. The molecule has 1 atom stereocenters. The summed E-state index contributed by atoms with van der Waals surface area (Å²) in [5.41, 5.74) is 0. The molecule has 0 aliphatic rings. The van der Waals surface area contributed by atoms with Gasteiger partial charge in [0.2, 0.25) is 0 Å². The zero-order valence-electron chi connectivity index (χ0n) is 3.52. The van der Waals surface area contributed by atoms with Crippen LogP contribution in [0.5, 0.6) is 0 Å². The van der Waals surface area contributed by atoms with Crippen molar-refractivity contribution in [1.29, 1.82) is 0 Å². The van der Waals surface area contributed by atoms with Crippen LogP contribution in [-0.4, -0.2) is 16.7 Å². The fourth-order valence-corrected chi connectivity index (χ4v) is 0.146. The molecule has 0 radical (unpaired) electrons. The molecule has 6 heavy (non-hydrogen) atoms. The average molecular weight is 155 g/mol. The highest BCUT2D eigenvalue weighted by Crippen LogP contribution is 1.90. The van der Waals surface area contributed by atoms with E-state index >= 15 is 0 Å². The summed E-state index contributed by atoms with van der Waals surface area (Å²) in [6.07, 6.45) is -0.0926. The van der Waals surface area contributed by atoms with Gasteiger partial charge in [0.25, 0.3) is 0 Å². The van der Waals surface area contributed by atoms with Crippen molar-refractivity contribution in [2.24, 2.45) is 0 Å². The predicted molar refractivity (Wildman–Crippen MR) is 27.0 cm³/mol. The molecule has 0 saturated carbocycles. The summed E-state index contributed by atoms with van der Waals surface area (Å²) in [7, 11) is 0. The maximum Gasteiger partial charge on any atom is 0.0995 e. The molecule has 0 aromatic heterocycles. The maximum absolute atomic E-state index is 7.80. The number of hydrogen-bond donors (Lipinski definition) is 1. The van der Waals surface area contributed by atoms with E-state index in [-0.39, 0.29) is 6.10 Å². The van der Waals surface area contributed by atoms with Crippen LogP contribution in [0.25, 0.3) is 0 Å². The van der Waals surface area contributed by atoms with E-state index in [1.54, 1.807) is 6.92 Å². The van der Waals surface area contributed by atoms with Gasteiger partial charge in [-0.3, -0.25) is 5.26 Å². The monoisotopic (exact) mass is 154 g/mol. The molecular formula is C3H7BrO2. The molecule has 1 N–H and O–H groups in total. The van der Waals surface area contributed by atoms with E-state index in [2.05, 4.69) is 20.8 Å². The molecule has 0 heterocycles. The molecule has 0 saturated heterocycles. The Hall–Kier alpha value is 0.400. The van der Waals surface area contributed by atoms with Gasteiger partial charge in [0.15, 0.2) is 0 Å². The Morgan fingerprint density at radius 1 is 2.00 bits per heavy atom. The van der Waals surface area contributed by atoms with E-state index in [0.29, 0.717) is 5.33 Å².